The highest BCUT2D eigenvalue weighted by atomic mass is 16.6. The van der Waals surface area contributed by atoms with Crippen molar-refractivity contribution in [1.82, 2.24) is 0 Å². The Kier molecular flexibility index (Phi) is 2.54. The maximum atomic E-state index is 11.3. The van der Waals surface area contributed by atoms with Crippen molar-refractivity contribution in [3.8, 4) is 0 Å². The molecule has 1 heterocycles. The van der Waals surface area contributed by atoms with E-state index in [0.29, 0.717) is 0 Å². The van der Waals surface area contributed by atoms with Gasteiger partial charge in [0.2, 0.25) is 0 Å². The van der Waals surface area contributed by atoms with Crippen molar-refractivity contribution in [2.24, 2.45) is 5.92 Å². The molecular weight excluding hydrogens is 192 g/mol. The summed E-state index contributed by atoms with van der Waals surface area (Å²) in [5.74, 6) is -0.598. The highest BCUT2D eigenvalue weighted by molar-refractivity contribution is 5.86. The van der Waals surface area contributed by atoms with E-state index in [0.717, 1.165) is 5.56 Å². The lowest BCUT2D eigenvalue weighted by Gasteiger charge is -2.14. The Morgan fingerprint density at radius 3 is 2.60 bits per heavy atom. The minimum Gasteiger partial charge on any atom is -0.457 e. The van der Waals surface area contributed by atoms with Crippen LogP contribution in [0.15, 0.2) is 30.3 Å². The third-order valence-electron chi connectivity index (χ3n) is 2.66. The van der Waals surface area contributed by atoms with E-state index in [9.17, 15) is 9.59 Å². The van der Waals surface area contributed by atoms with E-state index >= 15 is 0 Å². The van der Waals surface area contributed by atoms with Crippen LogP contribution in [0.2, 0.25) is 0 Å². The van der Waals surface area contributed by atoms with Crippen LogP contribution < -0.4 is 0 Å². The fourth-order valence-electron chi connectivity index (χ4n) is 1.86. The maximum Gasteiger partial charge on any atom is 0.307 e. The van der Waals surface area contributed by atoms with Gasteiger partial charge < -0.3 is 4.74 Å². The van der Waals surface area contributed by atoms with Crippen LogP contribution in [-0.4, -0.2) is 11.8 Å². The first-order chi connectivity index (χ1) is 7.18. The van der Waals surface area contributed by atoms with Crippen molar-refractivity contribution in [2.75, 3.05) is 0 Å². The lowest BCUT2D eigenvalue weighted by atomic mass is 9.92. The molecule has 0 N–H and O–H groups in total. The zero-order chi connectivity index (χ0) is 10.8. The lowest BCUT2D eigenvalue weighted by molar-refractivity contribution is -0.141. The molecule has 1 unspecified atom stereocenters. The molecule has 1 aliphatic heterocycles. The monoisotopic (exact) mass is 204 g/mol. The summed E-state index contributed by atoms with van der Waals surface area (Å²) in [6, 6.07) is 9.39. The Morgan fingerprint density at radius 1 is 1.33 bits per heavy atom. The third-order valence-corrected chi connectivity index (χ3v) is 2.66. The number of hydrogen-bond donors (Lipinski definition) is 0. The molecule has 0 amide bonds. The largest absolute Gasteiger partial charge is 0.457 e. The molecule has 2 rings (SSSR count). The standard InChI is InChI=1S/C12H12O3/c1-8(13)10-7-11(14)15-12(10)9-5-3-2-4-6-9/h2-6,10,12H,7H2,1H3/t10-,12?/m1/s1. The molecule has 0 aliphatic carbocycles. The molecule has 0 bridgehead atoms. The molecule has 3 nitrogen and oxygen atoms in total. The number of carbonyl (C=O) groups excluding carboxylic acids is 2. The van der Waals surface area contributed by atoms with Crippen LogP contribution in [0, 0.1) is 5.92 Å². The SMILES string of the molecule is CC(=O)[C@H]1CC(=O)OC1c1ccccc1. The van der Waals surface area contributed by atoms with Gasteiger partial charge in [-0.1, -0.05) is 30.3 Å². The van der Waals surface area contributed by atoms with Gasteiger partial charge in [-0.2, -0.15) is 0 Å². The molecule has 15 heavy (non-hydrogen) atoms. The molecule has 1 fully saturated rings. The zero-order valence-corrected chi connectivity index (χ0v) is 8.47. The van der Waals surface area contributed by atoms with Gasteiger partial charge >= 0.3 is 5.97 Å². The predicted octanol–water partition coefficient (Wildman–Crippen LogP) is 1.88. The summed E-state index contributed by atoms with van der Waals surface area (Å²) in [5.41, 5.74) is 0.892. The smallest absolute Gasteiger partial charge is 0.307 e. The molecule has 1 aromatic rings. The summed E-state index contributed by atoms with van der Waals surface area (Å²) in [7, 11) is 0. The third kappa shape index (κ3) is 1.91. The molecule has 1 aromatic carbocycles. The van der Waals surface area contributed by atoms with Gasteiger partial charge in [0.15, 0.2) is 0 Å². The number of benzene rings is 1. The maximum absolute atomic E-state index is 11.3. The second-order valence-electron chi connectivity index (χ2n) is 3.74. The number of carbonyl (C=O) groups is 2. The van der Waals surface area contributed by atoms with Gasteiger partial charge in [0.1, 0.15) is 11.9 Å². The summed E-state index contributed by atoms with van der Waals surface area (Å²) in [5, 5.41) is 0. The first kappa shape index (κ1) is 9.90. The normalized spacial score (nSPS) is 25.0. The zero-order valence-electron chi connectivity index (χ0n) is 8.47. The predicted molar refractivity (Wildman–Crippen MR) is 54.1 cm³/mol. The van der Waals surface area contributed by atoms with Gasteiger partial charge in [0.25, 0.3) is 0 Å². The molecule has 3 heteroatoms. The molecule has 78 valence electrons. The first-order valence-corrected chi connectivity index (χ1v) is 4.93. The minimum atomic E-state index is -0.392. The molecular formula is C12H12O3. The van der Waals surface area contributed by atoms with E-state index in [-0.39, 0.29) is 24.1 Å². The van der Waals surface area contributed by atoms with Crippen LogP contribution in [-0.2, 0) is 14.3 Å². The van der Waals surface area contributed by atoms with E-state index in [1.807, 2.05) is 30.3 Å². The molecule has 0 spiro atoms. The van der Waals surface area contributed by atoms with Crippen molar-refractivity contribution >= 4 is 11.8 Å². The van der Waals surface area contributed by atoms with E-state index in [2.05, 4.69) is 0 Å². The molecule has 1 saturated heterocycles. The van der Waals surface area contributed by atoms with Gasteiger partial charge in [-0.05, 0) is 12.5 Å². The Labute approximate surface area is 88.1 Å². The molecule has 2 atom stereocenters. The van der Waals surface area contributed by atoms with Crippen LogP contribution in [0.1, 0.15) is 25.0 Å². The fourth-order valence-corrected chi connectivity index (χ4v) is 1.86. The van der Waals surface area contributed by atoms with Crippen LogP contribution in [0.4, 0.5) is 0 Å². The van der Waals surface area contributed by atoms with Gasteiger partial charge in [-0.25, -0.2) is 0 Å². The van der Waals surface area contributed by atoms with Crippen molar-refractivity contribution < 1.29 is 14.3 Å². The minimum absolute atomic E-state index is 0.00898. The molecule has 1 aliphatic rings. The second kappa shape index (κ2) is 3.85. The Balaban J connectivity index is 2.28. The highest BCUT2D eigenvalue weighted by Crippen LogP contribution is 2.35. The Hall–Kier alpha value is -1.64. The number of cyclic esters (lactones) is 1. The summed E-state index contributed by atoms with van der Waals surface area (Å²) in [4.78, 5) is 22.5. The quantitative estimate of drug-likeness (QED) is 0.691. The number of rotatable bonds is 2. The van der Waals surface area contributed by atoms with Crippen molar-refractivity contribution in [3.63, 3.8) is 0 Å². The number of ether oxygens (including phenoxy) is 1. The molecule has 0 aromatic heterocycles. The lowest BCUT2D eigenvalue weighted by Crippen LogP contribution is -2.15. The molecule has 0 saturated carbocycles. The van der Waals surface area contributed by atoms with E-state index in [1.165, 1.54) is 6.92 Å². The van der Waals surface area contributed by atoms with Crippen molar-refractivity contribution in [1.29, 1.82) is 0 Å². The van der Waals surface area contributed by atoms with E-state index in [4.69, 9.17) is 4.74 Å². The number of hydrogen-bond acceptors (Lipinski definition) is 3. The van der Waals surface area contributed by atoms with Gasteiger partial charge in [-0.15, -0.1) is 0 Å². The number of esters is 1. The first-order valence-electron chi connectivity index (χ1n) is 4.93. The van der Waals surface area contributed by atoms with Crippen molar-refractivity contribution in [3.05, 3.63) is 35.9 Å². The fraction of sp³-hybridized carbons (Fsp3) is 0.333. The Bertz CT molecular complexity index is 383. The van der Waals surface area contributed by atoms with E-state index in [1.54, 1.807) is 0 Å². The van der Waals surface area contributed by atoms with Crippen LogP contribution >= 0.6 is 0 Å². The Morgan fingerprint density at radius 2 is 2.00 bits per heavy atom. The van der Waals surface area contributed by atoms with Gasteiger partial charge in [0.05, 0.1) is 12.3 Å². The number of Topliss-reactive ketones (excluding diaryl/α,β-unsaturated/α-hetero) is 1. The molecule has 0 radical (unpaired) electrons. The summed E-state index contributed by atoms with van der Waals surface area (Å²) < 4.78 is 5.16. The average Bonchev–Trinajstić information content (AvgIpc) is 2.62. The second-order valence-corrected chi connectivity index (χ2v) is 3.74. The van der Waals surface area contributed by atoms with Crippen LogP contribution in [0.3, 0.4) is 0 Å². The van der Waals surface area contributed by atoms with Crippen LogP contribution in [0.25, 0.3) is 0 Å². The topological polar surface area (TPSA) is 43.4 Å². The van der Waals surface area contributed by atoms with Gasteiger partial charge in [-0.3, -0.25) is 9.59 Å². The summed E-state index contributed by atoms with van der Waals surface area (Å²) >= 11 is 0. The summed E-state index contributed by atoms with van der Waals surface area (Å²) in [6.45, 7) is 1.50. The number of ketones is 1. The average molecular weight is 204 g/mol. The van der Waals surface area contributed by atoms with Gasteiger partial charge in [0, 0.05) is 0 Å². The highest BCUT2D eigenvalue weighted by Gasteiger charge is 2.38. The van der Waals surface area contributed by atoms with E-state index < -0.39 is 6.10 Å². The van der Waals surface area contributed by atoms with Crippen LogP contribution in [0.5, 0.6) is 0 Å². The van der Waals surface area contributed by atoms with Crippen molar-refractivity contribution in [2.45, 2.75) is 19.4 Å². The summed E-state index contributed by atoms with van der Waals surface area (Å²) in [6.07, 6.45) is -0.189.